The van der Waals surface area contributed by atoms with Crippen LogP contribution >= 0.6 is 0 Å². The maximum absolute atomic E-state index is 10.2. The molecule has 0 aromatic rings. The summed E-state index contributed by atoms with van der Waals surface area (Å²) in [4.78, 5) is 0. The zero-order chi connectivity index (χ0) is 25.3. The molecule has 3 fully saturated rings. The summed E-state index contributed by atoms with van der Waals surface area (Å²) in [5.41, 5.74) is 0. The molecule has 3 aliphatic rings. The molecular weight excluding hydrogens is 472 g/mol. The van der Waals surface area contributed by atoms with Crippen molar-refractivity contribution in [1.29, 1.82) is 0 Å². The monoisotopic (exact) mass is 504 g/mol. The molecule has 16 nitrogen and oxygen atoms in total. The topological polar surface area (TPSA) is 269 Å². The van der Waals surface area contributed by atoms with Gasteiger partial charge >= 0.3 is 0 Å². The van der Waals surface area contributed by atoms with Gasteiger partial charge in [0, 0.05) is 0 Å². The zero-order valence-corrected chi connectivity index (χ0v) is 17.7. The highest BCUT2D eigenvalue weighted by Crippen LogP contribution is 2.29. The Labute approximate surface area is 192 Å². The normalized spacial score (nSPS) is 52.5. The van der Waals surface area contributed by atoms with E-state index in [0.717, 1.165) is 0 Å². The summed E-state index contributed by atoms with van der Waals surface area (Å²) in [6.07, 6.45) is -25.0. The van der Waals surface area contributed by atoms with Gasteiger partial charge in [0.2, 0.25) is 0 Å². The van der Waals surface area contributed by atoms with Crippen molar-refractivity contribution < 1.29 is 79.9 Å². The number of hydrogen-bond acceptors (Lipinski definition) is 16. The minimum absolute atomic E-state index is 0.616. The molecule has 3 aliphatic heterocycles. The van der Waals surface area contributed by atoms with E-state index in [9.17, 15) is 51.1 Å². The Bertz CT molecular complexity index is 639. The molecule has 0 amide bonds. The van der Waals surface area contributed by atoms with Crippen molar-refractivity contribution in [1.82, 2.24) is 0 Å². The van der Waals surface area contributed by atoms with E-state index < -0.39 is 112 Å². The lowest BCUT2D eigenvalue weighted by atomic mass is 9.97. The van der Waals surface area contributed by atoms with E-state index in [-0.39, 0.29) is 0 Å². The highest BCUT2D eigenvalue weighted by atomic mass is 16.7. The van der Waals surface area contributed by atoms with Crippen LogP contribution in [0.15, 0.2) is 0 Å². The Kier molecular flexibility index (Phi) is 9.54. The Morgan fingerprint density at radius 2 is 0.971 bits per heavy atom. The summed E-state index contributed by atoms with van der Waals surface area (Å²) in [5.74, 6) is 0. The van der Waals surface area contributed by atoms with Crippen LogP contribution in [0, 0.1) is 0 Å². The van der Waals surface area contributed by atoms with Crippen LogP contribution < -0.4 is 0 Å². The van der Waals surface area contributed by atoms with Crippen LogP contribution in [-0.2, 0) is 23.7 Å². The molecule has 3 heterocycles. The van der Waals surface area contributed by atoms with Gasteiger partial charge in [-0.2, -0.15) is 0 Å². The van der Waals surface area contributed by atoms with E-state index in [0.29, 0.717) is 0 Å². The fraction of sp³-hybridized carbons (Fsp3) is 1.00. The predicted molar refractivity (Wildman–Crippen MR) is 101 cm³/mol. The molecule has 0 aromatic heterocycles. The maximum Gasteiger partial charge on any atom is 0.187 e. The third-order valence-corrected chi connectivity index (χ3v) is 6.08. The second-order valence-corrected chi connectivity index (χ2v) is 8.37. The number of hydrogen-bond donors (Lipinski definition) is 11. The van der Waals surface area contributed by atoms with Crippen molar-refractivity contribution in [2.45, 2.75) is 92.1 Å². The fourth-order valence-corrected chi connectivity index (χ4v) is 3.94. The molecule has 15 atom stereocenters. The molecule has 0 bridgehead atoms. The summed E-state index contributed by atoms with van der Waals surface area (Å²) in [5, 5.41) is 109. The molecule has 0 radical (unpaired) electrons. The molecule has 3 rings (SSSR count). The van der Waals surface area contributed by atoms with Gasteiger partial charge in [0.05, 0.1) is 19.8 Å². The average molecular weight is 504 g/mol. The summed E-state index contributed by atoms with van der Waals surface area (Å²) in [6, 6.07) is 0. The van der Waals surface area contributed by atoms with Crippen molar-refractivity contribution in [3.8, 4) is 0 Å². The van der Waals surface area contributed by atoms with E-state index in [2.05, 4.69) is 0 Å². The van der Waals surface area contributed by atoms with Crippen LogP contribution in [-0.4, -0.2) is 168 Å². The lowest BCUT2D eigenvalue weighted by molar-refractivity contribution is -0.367. The summed E-state index contributed by atoms with van der Waals surface area (Å²) < 4.78 is 26.1. The standard InChI is InChI=1S/C18H32O16/c19-1-4-8(22)12(26)15(16(29)31-4)34-18-14(28)11(25)9(23)6(33-18)3-30-17-13(27)10(24)7(21)5(2-20)32-17/h4-29H,1-3H2/t4-,5-,6-,7-,8-,9+,10+,11+,12+,13-,14-,15-,16?,17+,18-/m1/s1. The Balaban J connectivity index is 1.64. The molecule has 0 aromatic carbocycles. The van der Waals surface area contributed by atoms with Crippen molar-refractivity contribution in [3.05, 3.63) is 0 Å². The fourth-order valence-electron chi connectivity index (χ4n) is 3.94. The van der Waals surface area contributed by atoms with E-state index in [1.807, 2.05) is 0 Å². The van der Waals surface area contributed by atoms with Gasteiger partial charge in [-0.15, -0.1) is 0 Å². The van der Waals surface area contributed by atoms with Gasteiger partial charge in [0.15, 0.2) is 18.9 Å². The van der Waals surface area contributed by atoms with Crippen molar-refractivity contribution in [2.24, 2.45) is 0 Å². The highest BCUT2D eigenvalue weighted by molar-refractivity contribution is 4.94. The number of rotatable bonds is 7. The molecule has 3 saturated heterocycles. The first-order chi connectivity index (χ1) is 16.0. The summed E-state index contributed by atoms with van der Waals surface area (Å²) in [6.45, 7) is -2.03. The number of aliphatic hydroxyl groups excluding tert-OH is 11. The number of ether oxygens (including phenoxy) is 5. The van der Waals surface area contributed by atoms with Gasteiger partial charge in [-0.3, -0.25) is 0 Å². The molecule has 11 N–H and O–H groups in total. The van der Waals surface area contributed by atoms with Crippen molar-refractivity contribution >= 4 is 0 Å². The van der Waals surface area contributed by atoms with Crippen LogP contribution in [0.2, 0.25) is 0 Å². The van der Waals surface area contributed by atoms with Gasteiger partial charge in [-0.1, -0.05) is 0 Å². The highest BCUT2D eigenvalue weighted by Gasteiger charge is 2.51. The quantitative estimate of drug-likeness (QED) is 0.154. The third kappa shape index (κ3) is 5.52. The van der Waals surface area contributed by atoms with Gasteiger partial charge in [-0.25, -0.2) is 0 Å². The van der Waals surface area contributed by atoms with Crippen LogP contribution in [0.4, 0.5) is 0 Å². The first kappa shape index (κ1) is 27.9. The van der Waals surface area contributed by atoms with Crippen LogP contribution in [0.1, 0.15) is 0 Å². The summed E-state index contributed by atoms with van der Waals surface area (Å²) >= 11 is 0. The molecular formula is C18H32O16. The van der Waals surface area contributed by atoms with E-state index in [4.69, 9.17) is 28.8 Å². The molecule has 200 valence electrons. The van der Waals surface area contributed by atoms with E-state index in [1.54, 1.807) is 0 Å². The Morgan fingerprint density at radius 3 is 1.56 bits per heavy atom. The van der Waals surface area contributed by atoms with Crippen molar-refractivity contribution in [2.75, 3.05) is 19.8 Å². The van der Waals surface area contributed by atoms with Gasteiger partial charge < -0.3 is 79.9 Å². The first-order valence-electron chi connectivity index (χ1n) is 10.6. The minimum Gasteiger partial charge on any atom is -0.394 e. The zero-order valence-electron chi connectivity index (χ0n) is 17.7. The van der Waals surface area contributed by atoms with Crippen LogP contribution in [0.5, 0.6) is 0 Å². The number of aliphatic hydroxyl groups is 11. The average Bonchev–Trinajstić information content (AvgIpc) is 2.82. The smallest absolute Gasteiger partial charge is 0.187 e. The first-order valence-corrected chi connectivity index (χ1v) is 10.6. The molecule has 1 unspecified atom stereocenters. The van der Waals surface area contributed by atoms with E-state index in [1.165, 1.54) is 0 Å². The van der Waals surface area contributed by atoms with E-state index >= 15 is 0 Å². The Morgan fingerprint density at radius 1 is 0.500 bits per heavy atom. The van der Waals surface area contributed by atoms with Crippen LogP contribution in [0.25, 0.3) is 0 Å². The lowest BCUT2D eigenvalue weighted by Gasteiger charge is -2.45. The molecule has 0 spiro atoms. The summed E-state index contributed by atoms with van der Waals surface area (Å²) in [7, 11) is 0. The SMILES string of the molecule is OC[C@H]1O[C@H](OC[C@H]2O[C@H](O[C@H]3C(O)O[C@H](CO)[C@@H](O)[C@@H]3O)[C@H](O)[C@@H](O)[C@H]2O)[C@H](O)[C@@H](O)[C@@H]1O. The largest absolute Gasteiger partial charge is 0.394 e. The Hall–Kier alpha value is -0.640. The lowest BCUT2D eigenvalue weighted by Crippen LogP contribution is -2.64. The maximum atomic E-state index is 10.2. The second kappa shape index (κ2) is 11.6. The molecule has 0 aliphatic carbocycles. The minimum atomic E-state index is -1.88. The van der Waals surface area contributed by atoms with Gasteiger partial charge in [0.25, 0.3) is 0 Å². The molecule has 0 saturated carbocycles. The third-order valence-electron chi connectivity index (χ3n) is 6.08. The second-order valence-electron chi connectivity index (χ2n) is 8.37. The van der Waals surface area contributed by atoms with Gasteiger partial charge in [0.1, 0.15) is 73.2 Å². The molecule has 34 heavy (non-hydrogen) atoms. The predicted octanol–water partition coefficient (Wildman–Crippen LogP) is -7.57. The van der Waals surface area contributed by atoms with Gasteiger partial charge in [-0.05, 0) is 0 Å². The van der Waals surface area contributed by atoms with Crippen LogP contribution in [0.3, 0.4) is 0 Å². The van der Waals surface area contributed by atoms with Crippen molar-refractivity contribution in [3.63, 3.8) is 0 Å². The molecule has 16 heteroatoms.